The SMILES string of the molecule is CCCOc1ccc(C2CCC(CCC)CC2)c(C2CCC(C)CC2)c1. The van der Waals surface area contributed by atoms with E-state index in [1.807, 2.05) is 0 Å². The molecule has 3 rings (SSSR count). The van der Waals surface area contributed by atoms with Gasteiger partial charge in [0.2, 0.25) is 0 Å². The standard InChI is InChI=1S/C25H40O/c1-4-6-20-9-13-21(14-10-20)24-16-15-23(26-17-5-2)18-25(24)22-11-7-19(3)8-12-22/h15-16,18-22H,4-14,17H2,1-3H3. The van der Waals surface area contributed by atoms with Gasteiger partial charge in [-0.05, 0) is 91.9 Å². The molecule has 1 aromatic carbocycles. The van der Waals surface area contributed by atoms with Crippen molar-refractivity contribution >= 4 is 0 Å². The Morgan fingerprint density at radius 3 is 2.12 bits per heavy atom. The monoisotopic (exact) mass is 356 g/mol. The first-order valence-electron chi connectivity index (χ1n) is 11.5. The van der Waals surface area contributed by atoms with Gasteiger partial charge in [0, 0.05) is 0 Å². The molecule has 1 heteroatoms. The van der Waals surface area contributed by atoms with Gasteiger partial charge < -0.3 is 4.74 Å². The molecule has 0 saturated heterocycles. The lowest BCUT2D eigenvalue weighted by molar-refractivity contribution is 0.301. The minimum Gasteiger partial charge on any atom is -0.494 e. The van der Waals surface area contributed by atoms with E-state index in [9.17, 15) is 0 Å². The van der Waals surface area contributed by atoms with Gasteiger partial charge in [-0.25, -0.2) is 0 Å². The van der Waals surface area contributed by atoms with E-state index in [0.29, 0.717) is 0 Å². The molecule has 0 bridgehead atoms. The normalized spacial score (nSPS) is 29.5. The maximum Gasteiger partial charge on any atom is 0.119 e. The van der Waals surface area contributed by atoms with Crippen molar-refractivity contribution in [1.82, 2.24) is 0 Å². The molecule has 0 aliphatic heterocycles. The predicted octanol–water partition coefficient (Wildman–Crippen LogP) is 7.84. The van der Waals surface area contributed by atoms with Gasteiger partial charge in [-0.3, -0.25) is 0 Å². The Morgan fingerprint density at radius 2 is 1.46 bits per heavy atom. The van der Waals surface area contributed by atoms with Crippen LogP contribution in [0.25, 0.3) is 0 Å². The molecule has 2 aliphatic carbocycles. The van der Waals surface area contributed by atoms with Crippen molar-refractivity contribution in [3.05, 3.63) is 29.3 Å². The number of ether oxygens (including phenoxy) is 1. The number of hydrogen-bond donors (Lipinski definition) is 0. The van der Waals surface area contributed by atoms with Crippen molar-refractivity contribution in [2.75, 3.05) is 6.61 Å². The molecule has 0 unspecified atom stereocenters. The Morgan fingerprint density at radius 1 is 0.808 bits per heavy atom. The largest absolute Gasteiger partial charge is 0.494 e. The molecule has 146 valence electrons. The lowest BCUT2D eigenvalue weighted by Gasteiger charge is -2.33. The average Bonchev–Trinajstić information content (AvgIpc) is 2.68. The highest BCUT2D eigenvalue weighted by Crippen LogP contribution is 2.44. The minimum absolute atomic E-state index is 0.764. The molecule has 1 nitrogen and oxygen atoms in total. The number of rotatable bonds is 7. The summed E-state index contributed by atoms with van der Waals surface area (Å²) in [6, 6.07) is 7.10. The Hall–Kier alpha value is -0.980. The fraction of sp³-hybridized carbons (Fsp3) is 0.760. The van der Waals surface area contributed by atoms with Crippen LogP contribution in [0.1, 0.15) is 114 Å². The van der Waals surface area contributed by atoms with Gasteiger partial charge in [0.1, 0.15) is 5.75 Å². The summed E-state index contributed by atoms with van der Waals surface area (Å²) in [7, 11) is 0. The van der Waals surface area contributed by atoms with Crippen LogP contribution in [0.3, 0.4) is 0 Å². The molecule has 0 aromatic heterocycles. The van der Waals surface area contributed by atoms with Crippen molar-refractivity contribution in [2.24, 2.45) is 11.8 Å². The van der Waals surface area contributed by atoms with Crippen LogP contribution < -0.4 is 4.74 Å². The predicted molar refractivity (Wildman–Crippen MR) is 112 cm³/mol. The molecular formula is C25H40O. The third kappa shape index (κ3) is 5.05. The average molecular weight is 357 g/mol. The molecule has 0 heterocycles. The van der Waals surface area contributed by atoms with Crippen LogP contribution in [0.5, 0.6) is 5.75 Å². The van der Waals surface area contributed by atoms with E-state index in [-0.39, 0.29) is 0 Å². The summed E-state index contributed by atoms with van der Waals surface area (Å²) in [4.78, 5) is 0. The Kier molecular flexibility index (Phi) is 7.46. The first-order valence-corrected chi connectivity index (χ1v) is 11.5. The fourth-order valence-electron chi connectivity index (χ4n) is 5.33. The highest BCUT2D eigenvalue weighted by atomic mass is 16.5. The van der Waals surface area contributed by atoms with Crippen LogP contribution in [0.2, 0.25) is 0 Å². The summed E-state index contributed by atoms with van der Waals surface area (Å²) in [5.74, 6) is 4.56. The Bertz CT molecular complexity index is 533. The fourth-order valence-corrected chi connectivity index (χ4v) is 5.33. The van der Waals surface area contributed by atoms with Gasteiger partial charge in [0.15, 0.2) is 0 Å². The summed E-state index contributed by atoms with van der Waals surface area (Å²) in [6.45, 7) is 7.78. The smallest absolute Gasteiger partial charge is 0.119 e. The number of hydrogen-bond acceptors (Lipinski definition) is 1. The van der Waals surface area contributed by atoms with Crippen LogP contribution in [-0.4, -0.2) is 6.61 Å². The highest BCUT2D eigenvalue weighted by molar-refractivity contribution is 5.40. The van der Waals surface area contributed by atoms with Gasteiger partial charge in [-0.15, -0.1) is 0 Å². The molecule has 0 radical (unpaired) electrons. The van der Waals surface area contributed by atoms with Crippen LogP contribution in [0.4, 0.5) is 0 Å². The van der Waals surface area contributed by atoms with E-state index in [1.54, 1.807) is 11.1 Å². The molecule has 0 atom stereocenters. The lowest BCUT2D eigenvalue weighted by atomic mass is 9.72. The van der Waals surface area contributed by atoms with Gasteiger partial charge >= 0.3 is 0 Å². The van der Waals surface area contributed by atoms with Gasteiger partial charge in [-0.2, -0.15) is 0 Å². The summed E-state index contributed by atoms with van der Waals surface area (Å²) < 4.78 is 6.00. The van der Waals surface area contributed by atoms with Crippen LogP contribution in [-0.2, 0) is 0 Å². The molecule has 0 N–H and O–H groups in total. The number of benzene rings is 1. The molecule has 2 fully saturated rings. The molecule has 26 heavy (non-hydrogen) atoms. The first kappa shape index (κ1) is 19.8. The summed E-state index contributed by atoms with van der Waals surface area (Å²) in [5, 5.41) is 0. The van der Waals surface area contributed by atoms with E-state index < -0.39 is 0 Å². The zero-order valence-electron chi connectivity index (χ0n) is 17.4. The van der Waals surface area contributed by atoms with E-state index >= 15 is 0 Å². The van der Waals surface area contributed by atoms with Crippen LogP contribution >= 0.6 is 0 Å². The van der Waals surface area contributed by atoms with Crippen molar-refractivity contribution in [3.63, 3.8) is 0 Å². The van der Waals surface area contributed by atoms with Crippen molar-refractivity contribution in [1.29, 1.82) is 0 Å². The Labute approximate surface area is 161 Å². The Balaban J connectivity index is 1.77. The van der Waals surface area contributed by atoms with Gasteiger partial charge in [0.05, 0.1) is 6.61 Å². The third-order valence-electron chi connectivity index (χ3n) is 6.97. The quantitative estimate of drug-likeness (QED) is 0.483. The second-order valence-electron chi connectivity index (χ2n) is 9.10. The molecule has 2 saturated carbocycles. The topological polar surface area (TPSA) is 9.23 Å². The van der Waals surface area contributed by atoms with Crippen LogP contribution in [0, 0.1) is 11.8 Å². The van der Waals surface area contributed by atoms with Crippen molar-refractivity contribution in [3.8, 4) is 5.75 Å². The van der Waals surface area contributed by atoms with E-state index in [0.717, 1.165) is 42.4 Å². The summed E-state index contributed by atoms with van der Waals surface area (Å²) in [5.41, 5.74) is 3.31. The van der Waals surface area contributed by atoms with E-state index in [4.69, 9.17) is 4.74 Å². The summed E-state index contributed by atoms with van der Waals surface area (Å²) >= 11 is 0. The van der Waals surface area contributed by atoms with Gasteiger partial charge in [0.25, 0.3) is 0 Å². The third-order valence-corrected chi connectivity index (χ3v) is 6.97. The summed E-state index contributed by atoms with van der Waals surface area (Å²) in [6.07, 6.45) is 15.1. The van der Waals surface area contributed by atoms with Crippen molar-refractivity contribution in [2.45, 2.75) is 103 Å². The maximum absolute atomic E-state index is 6.00. The second-order valence-corrected chi connectivity index (χ2v) is 9.10. The van der Waals surface area contributed by atoms with Gasteiger partial charge in [-0.1, -0.05) is 52.5 Å². The zero-order valence-corrected chi connectivity index (χ0v) is 17.4. The minimum atomic E-state index is 0.764. The molecule has 1 aromatic rings. The van der Waals surface area contributed by atoms with Crippen molar-refractivity contribution < 1.29 is 4.74 Å². The molecule has 0 amide bonds. The lowest BCUT2D eigenvalue weighted by Crippen LogP contribution is -2.17. The highest BCUT2D eigenvalue weighted by Gasteiger charge is 2.28. The molecular weight excluding hydrogens is 316 g/mol. The zero-order chi connectivity index (χ0) is 18.4. The van der Waals surface area contributed by atoms with E-state index in [2.05, 4.69) is 39.0 Å². The maximum atomic E-state index is 6.00. The molecule has 0 spiro atoms. The molecule has 2 aliphatic rings. The van der Waals surface area contributed by atoms with Crippen LogP contribution in [0.15, 0.2) is 18.2 Å². The first-order chi connectivity index (χ1) is 12.7. The second kappa shape index (κ2) is 9.81. The van der Waals surface area contributed by atoms with E-state index in [1.165, 1.54) is 64.2 Å².